The number of imidazole rings is 2. The van der Waals surface area contributed by atoms with Crippen LogP contribution in [0.1, 0.15) is 72.5 Å². The second-order valence-corrected chi connectivity index (χ2v) is 11.3. The third-order valence-electron chi connectivity index (χ3n) is 7.33. The van der Waals surface area contributed by atoms with E-state index in [1.165, 1.54) is 0 Å². The molecule has 0 spiro atoms. The summed E-state index contributed by atoms with van der Waals surface area (Å²) >= 11 is 2.15. The van der Waals surface area contributed by atoms with Crippen molar-refractivity contribution in [3.63, 3.8) is 0 Å². The van der Waals surface area contributed by atoms with Crippen molar-refractivity contribution in [3.8, 4) is 11.4 Å². The van der Waals surface area contributed by atoms with Gasteiger partial charge < -0.3 is 19.3 Å². The zero-order chi connectivity index (χ0) is 31.7. The summed E-state index contributed by atoms with van der Waals surface area (Å²) in [5.74, 6) is -1.07. The average molecular weight is 707 g/mol. The molecule has 0 saturated carbocycles. The number of esters is 2. The van der Waals surface area contributed by atoms with E-state index in [1.54, 1.807) is 59.5 Å². The molecular formula is C31H31IN6O6. The molecule has 2 aliphatic heterocycles. The number of carbonyl (C=O) groups excluding carboxylic acids is 4. The summed E-state index contributed by atoms with van der Waals surface area (Å²) < 4.78 is 14.6. The number of fused-ring (bicyclic) bond motifs is 6. The summed E-state index contributed by atoms with van der Waals surface area (Å²) in [7, 11) is 3.43. The second-order valence-electron chi connectivity index (χ2n) is 10.2. The molecule has 4 aromatic rings. The Hall–Kier alpha value is -4.53. The van der Waals surface area contributed by atoms with E-state index in [0.717, 1.165) is 20.5 Å². The lowest BCUT2D eigenvalue weighted by Crippen LogP contribution is -2.26. The number of aryl methyl sites for hydroxylation is 1. The fourth-order valence-corrected chi connectivity index (χ4v) is 5.95. The summed E-state index contributed by atoms with van der Waals surface area (Å²) in [5, 5.41) is 0. The molecule has 0 radical (unpaired) electrons. The molecular weight excluding hydrogens is 675 g/mol. The van der Waals surface area contributed by atoms with Crippen molar-refractivity contribution in [2.45, 2.75) is 33.9 Å². The quantitative estimate of drug-likeness (QED) is 0.229. The van der Waals surface area contributed by atoms with Crippen molar-refractivity contribution in [1.29, 1.82) is 0 Å². The number of carbonyl (C=O) groups is 4. The minimum absolute atomic E-state index is 0.0633. The number of rotatable bonds is 4. The molecule has 228 valence electrons. The van der Waals surface area contributed by atoms with Crippen LogP contribution in [-0.2, 0) is 22.6 Å². The van der Waals surface area contributed by atoms with Crippen molar-refractivity contribution in [2.24, 2.45) is 0 Å². The zero-order valence-electron chi connectivity index (χ0n) is 25.0. The Labute approximate surface area is 267 Å². The highest BCUT2D eigenvalue weighted by Gasteiger charge is 2.31. The molecule has 0 bridgehead atoms. The van der Waals surface area contributed by atoms with E-state index < -0.39 is 11.9 Å². The highest BCUT2D eigenvalue weighted by molar-refractivity contribution is 14.1. The standard InChI is InChI=1S/C16H17N3O3.C15H14IN3O3/c1-4-22-16(21)14-12-8-18(3)15(20)13-10(2)6-5-7-11(13)19(12)9-17-14;1-3-22-15(21)13-11-7-18(2)14(20)12-9(16)5-4-6-10(12)19(11)8-17-13/h5-7,9H,4,8H2,1-3H3;4-6,8H,3,7H2,1-2H3/i;16-4. The van der Waals surface area contributed by atoms with Crippen LogP contribution in [0.15, 0.2) is 49.1 Å². The predicted molar refractivity (Wildman–Crippen MR) is 168 cm³/mol. The summed E-state index contributed by atoms with van der Waals surface area (Å²) in [6, 6.07) is 11.3. The maximum atomic E-state index is 12.6. The number of ether oxygens (including phenoxy) is 2. The molecule has 6 rings (SSSR count). The van der Waals surface area contributed by atoms with Gasteiger partial charge in [0.15, 0.2) is 11.4 Å². The minimum Gasteiger partial charge on any atom is -0.461 e. The van der Waals surface area contributed by atoms with E-state index in [2.05, 4.69) is 32.6 Å². The van der Waals surface area contributed by atoms with Crippen LogP contribution in [-0.4, -0.2) is 80.0 Å². The lowest BCUT2D eigenvalue weighted by molar-refractivity contribution is 0.0507. The van der Waals surface area contributed by atoms with E-state index in [-0.39, 0.29) is 36.4 Å². The number of hydrogen-bond acceptors (Lipinski definition) is 8. The van der Waals surface area contributed by atoms with Gasteiger partial charge in [-0.1, -0.05) is 18.2 Å². The Bertz CT molecular complexity index is 1660. The largest absolute Gasteiger partial charge is 0.461 e. The van der Waals surface area contributed by atoms with Gasteiger partial charge in [-0.25, -0.2) is 19.6 Å². The zero-order valence-corrected chi connectivity index (χ0v) is 27.1. The van der Waals surface area contributed by atoms with Gasteiger partial charge >= 0.3 is 11.9 Å². The van der Waals surface area contributed by atoms with Crippen LogP contribution in [0, 0.1) is 10.5 Å². The molecule has 2 amide bonds. The lowest BCUT2D eigenvalue weighted by atomic mass is 10.1. The SMILES string of the molecule is CCOC(=O)c1ncn2c1CN(C)C(=O)c1c(C)cccc1-2.CCOC(=O)c1ncn2c1CN(C)C(=O)c1c([123I])cccc1-2. The Morgan fingerprint density at radius 1 is 0.773 bits per heavy atom. The number of halogens is 1. The summed E-state index contributed by atoms with van der Waals surface area (Å²) in [4.78, 5) is 60.9. The normalized spacial score (nSPS) is 13.4. The highest BCUT2D eigenvalue weighted by Crippen LogP contribution is 2.30. The summed E-state index contributed by atoms with van der Waals surface area (Å²) in [5.41, 5.74) is 5.48. The van der Waals surface area contributed by atoms with Crippen LogP contribution < -0.4 is 0 Å². The topological polar surface area (TPSA) is 129 Å². The fourth-order valence-electron chi connectivity index (χ4n) is 5.24. The van der Waals surface area contributed by atoms with E-state index in [1.807, 2.05) is 43.3 Å². The molecule has 0 atom stereocenters. The molecule has 2 aromatic carbocycles. The Balaban J connectivity index is 0.000000175. The van der Waals surface area contributed by atoms with Crippen LogP contribution in [0.2, 0.25) is 0 Å². The lowest BCUT2D eigenvalue weighted by Gasteiger charge is -2.15. The van der Waals surface area contributed by atoms with Gasteiger partial charge in [-0.3, -0.25) is 18.7 Å². The average Bonchev–Trinajstić information content (AvgIpc) is 3.56. The van der Waals surface area contributed by atoms with E-state index >= 15 is 0 Å². The fraction of sp³-hybridized carbons (Fsp3) is 0.290. The van der Waals surface area contributed by atoms with Crippen LogP contribution in [0.4, 0.5) is 0 Å². The molecule has 0 aliphatic carbocycles. The number of aromatic nitrogens is 4. The van der Waals surface area contributed by atoms with Crippen molar-refractivity contribution in [3.05, 3.63) is 92.1 Å². The number of hydrogen-bond donors (Lipinski definition) is 0. The van der Waals surface area contributed by atoms with Gasteiger partial charge in [-0.15, -0.1) is 0 Å². The first kappa shape index (κ1) is 30.9. The minimum atomic E-state index is -0.467. The number of amides is 2. The molecule has 0 saturated heterocycles. The van der Waals surface area contributed by atoms with E-state index in [9.17, 15) is 19.2 Å². The van der Waals surface area contributed by atoms with Gasteiger partial charge in [0.25, 0.3) is 11.8 Å². The van der Waals surface area contributed by atoms with Gasteiger partial charge in [0.1, 0.15) is 12.7 Å². The number of nitrogens with zero attached hydrogens (tertiary/aromatic N) is 6. The van der Waals surface area contributed by atoms with Gasteiger partial charge in [0.2, 0.25) is 0 Å². The molecule has 2 aromatic heterocycles. The maximum absolute atomic E-state index is 12.6. The van der Waals surface area contributed by atoms with Crippen molar-refractivity contribution in [2.75, 3.05) is 27.3 Å². The Morgan fingerprint density at radius 2 is 1.23 bits per heavy atom. The third-order valence-corrected chi connectivity index (χ3v) is 8.23. The second kappa shape index (κ2) is 12.6. The Morgan fingerprint density at radius 3 is 1.73 bits per heavy atom. The first-order valence-electron chi connectivity index (χ1n) is 13.9. The molecule has 12 nitrogen and oxygen atoms in total. The third kappa shape index (κ3) is 5.47. The van der Waals surface area contributed by atoms with E-state index in [0.29, 0.717) is 35.6 Å². The van der Waals surface area contributed by atoms with Gasteiger partial charge in [0, 0.05) is 17.7 Å². The molecule has 13 heteroatoms. The van der Waals surface area contributed by atoms with Crippen LogP contribution in [0.5, 0.6) is 0 Å². The van der Waals surface area contributed by atoms with Crippen LogP contribution in [0.3, 0.4) is 0 Å². The van der Waals surface area contributed by atoms with Gasteiger partial charge in [0.05, 0.1) is 60.2 Å². The van der Waals surface area contributed by atoms with Crippen LogP contribution in [0.25, 0.3) is 11.4 Å². The molecule has 44 heavy (non-hydrogen) atoms. The van der Waals surface area contributed by atoms with Gasteiger partial charge in [-0.05, 0) is 67.1 Å². The smallest absolute Gasteiger partial charge is 0.358 e. The van der Waals surface area contributed by atoms with Crippen molar-refractivity contribution < 1.29 is 28.7 Å². The predicted octanol–water partition coefficient (Wildman–Crippen LogP) is 4.18. The first-order chi connectivity index (χ1) is 21.1. The molecule has 0 unspecified atom stereocenters. The highest BCUT2D eigenvalue weighted by atomic mass is 123. The van der Waals surface area contributed by atoms with E-state index in [4.69, 9.17) is 9.47 Å². The van der Waals surface area contributed by atoms with Crippen molar-refractivity contribution in [1.82, 2.24) is 28.9 Å². The van der Waals surface area contributed by atoms with Crippen molar-refractivity contribution >= 4 is 46.3 Å². The summed E-state index contributed by atoms with van der Waals surface area (Å²) in [6.07, 6.45) is 3.15. The maximum Gasteiger partial charge on any atom is 0.358 e. The van der Waals surface area contributed by atoms with Gasteiger partial charge in [-0.2, -0.15) is 0 Å². The Kier molecular flexibility index (Phi) is 8.85. The monoisotopic (exact) mass is 706 g/mol. The number of benzene rings is 2. The first-order valence-corrected chi connectivity index (χ1v) is 15.0. The molecule has 0 fully saturated rings. The van der Waals surface area contributed by atoms with Crippen LogP contribution >= 0.6 is 22.6 Å². The molecule has 2 aliphatic rings. The molecule has 0 N–H and O–H groups in total. The summed E-state index contributed by atoms with van der Waals surface area (Å²) in [6.45, 7) is 6.59. The molecule has 4 heterocycles.